The molecule has 0 spiro atoms. The zero-order chi connectivity index (χ0) is 24.9. The third-order valence-electron chi connectivity index (χ3n) is 6.58. The first-order valence-corrected chi connectivity index (χ1v) is 11.1. The molecular formula is C25H26N4O6. The maximum absolute atomic E-state index is 13.1. The van der Waals surface area contributed by atoms with Crippen LogP contribution >= 0.6 is 0 Å². The fraction of sp³-hybridized carbons (Fsp3) is 0.280. The summed E-state index contributed by atoms with van der Waals surface area (Å²) in [5, 5.41) is 12.5. The minimum absolute atomic E-state index is 0.0633. The number of aromatic amines is 2. The predicted octanol–water partition coefficient (Wildman–Crippen LogP) is 2.32. The third kappa shape index (κ3) is 3.45. The summed E-state index contributed by atoms with van der Waals surface area (Å²) in [6, 6.07) is 10.4. The number of hydrogen-bond donors (Lipinski definition) is 3. The number of benzene rings is 2. The SMILES string of the molecule is COc1cc(-n2c(O)c([C@@H]3c4[nH]c5ccccc5c4CCN3C)c(=O)[nH]c2=O)cc(OC)c1OC. The Bertz CT molecular complexity index is 1530. The van der Waals surface area contributed by atoms with Gasteiger partial charge in [0.05, 0.1) is 33.1 Å². The lowest BCUT2D eigenvalue weighted by atomic mass is 9.94. The number of ether oxygens (including phenoxy) is 3. The average Bonchev–Trinajstić information content (AvgIpc) is 3.23. The van der Waals surface area contributed by atoms with Gasteiger partial charge in [-0.1, -0.05) is 18.2 Å². The van der Waals surface area contributed by atoms with Crippen molar-refractivity contribution in [3.63, 3.8) is 0 Å². The number of hydrogen-bond acceptors (Lipinski definition) is 7. The normalized spacial score (nSPS) is 15.7. The third-order valence-corrected chi connectivity index (χ3v) is 6.58. The Kier molecular flexibility index (Phi) is 5.52. The molecule has 0 bridgehead atoms. The number of nitrogens with zero attached hydrogens (tertiary/aromatic N) is 2. The number of para-hydroxylation sites is 1. The molecule has 35 heavy (non-hydrogen) atoms. The van der Waals surface area contributed by atoms with Crippen LogP contribution in [-0.4, -0.2) is 59.5 Å². The summed E-state index contributed by atoms with van der Waals surface area (Å²) in [5.41, 5.74) is 1.72. The fourth-order valence-electron chi connectivity index (χ4n) is 4.95. The first kappa shape index (κ1) is 22.6. The highest BCUT2D eigenvalue weighted by Gasteiger charge is 2.35. The molecule has 1 aliphatic rings. The zero-order valence-electron chi connectivity index (χ0n) is 19.8. The van der Waals surface area contributed by atoms with Crippen molar-refractivity contribution in [2.45, 2.75) is 12.5 Å². The molecule has 4 aromatic rings. The van der Waals surface area contributed by atoms with Crippen molar-refractivity contribution in [2.24, 2.45) is 0 Å². The lowest BCUT2D eigenvalue weighted by Gasteiger charge is -2.33. The minimum Gasteiger partial charge on any atom is -0.494 e. The summed E-state index contributed by atoms with van der Waals surface area (Å²) in [6.07, 6.45) is 0.789. The van der Waals surface area contributed by atoms with Crippen LogP contribution in [0.25, 0.3) is 16.6 Å². The fourth-order valence-corrected chi connectivity index (χ4v) is 4.95. The van der Waals surface area contributed by atoms with E-state index in [0.29, 0.717) is 23.8 Å². The van der Waals surface area contributed by atoms with Gasteiger partial charge in [-0.2, -0.15) is 0 Å². The maximum atomic E-state index is 13.1. The van der Waals surface area contributed by atoms with Gasteiger partial charge in [0.25, 0.3) is 5.56 Å². The highest BCUT2D eigenvalue weighted by atomic mass is 16.5. The van der Waals surface area contributed by atoms with E-state index in [4.69, 9.17) is 14.2 Å². The first-order chi connectivity index (χ1) is 16.9. The quantitative estimate of drug-likeness (QED) is 0.402. The standard InChI is InChI=1S/C25H26N4O6/c1-28-10-9-15-14-7-5-6-8-16(14)26-20(15)21(28)19-23(30)27-25(32)29(24(19)31)13-11-17(33-2)22(35-4)18(12-13)34-3/h5-8,11-12,21,26,31H,9-10H2,1-4H3,(H,27,30,32)/t21-/m1/s1. The zero-order valence-corrected chi connectivity index (χ0v) is 19.8. The van der Waals surface area contributed by atoms with Crippen molar-refractivity contribution in [1.82, 2.24) is 19.4 Å². The first-order valence-electron chi connectivity index (χ1n) is 11.1. The highest BCUT2D eigenvalue weighted by molar-refractivity contribution is 5.85. The molecule has 2 aromatic carbocycles. The van der Waals surface area contributed by atoms with E-state index in [2.05, 4.69) is 9.97 Å². The molecule has 5 rings (SSSR count). The van der Waals surface area contributed by atoms with Crippen LogP contribution in [0.3, 0.4) is 0 Å². The molecule has 1 atom stereocenters. The van der Waals surface area contributed by atoms with E-state index < -0.39 is 23.2 Å². The molecule has 10 heteroatoms. The van der Waals surface area contributed by atoms with Gasteiger partial charge in [0.1, 0.15) is 5.56 Å². The molecule has 3 heterocycles. The topological polar surface area (TPSA) is 122 Å². The number of methoxy groups -OCH3 is 3. The summed E-state index contributed by atoms with van der Waals surface area (Å²) in [5.74, 6) is 0.476. The average molecular weight is 479 g/mol. The van der Waals surface area contributed by atoms with Gasteiger partial charge in [0.15, 0.2) is 11.5 Å². The molecular weight excluding hydrogens is 452 g/mol. The predicted molar refractivity (Wildman–Crippen MR) is 130 cm³/mol. The van der Waals surface area contributed by atoms with Crippen molar-refractivity contribution < 1.29 is 19.3 Å². The van der Waals surface area contributed by atoms with E-state index >= 15 is 0 Å². The van der Waals surface area contributed by atoms with Crippen molar-refractivity contribution in [3.8, 4) is 28.8 Å². The van der Waals surface area contributed by atoms with Crippen LogP contribution in [0.5, 0.6) is 23.1 Å². The summed E-state index contributed by atoms with van der Waals surface area (Å²) >= 11 is 0. The number of nitrogens with one attached hydrogen (secondary N) is 2. The molecule has 0 aliphatic carbocycles. The lowest BCUT2D eigenvalue weighted by Crippen LogP contribution is -2.39. The van der Waals surface area contributed by atoms with E-state index in [-0.39, 0.29) is 11.3 Å². The maximum Gasteiger partial charge on any atom is 0.335 e. The number of H-pyrrole nitrogens is 2. The van der Waals surface area contributed by atoms with Gasteiger partial charge in [-0.05, 0) is 25.1 Å². The second kappa shape index (κ2) is 8.55. The second-order valence-electron chi connectivity index (χ2n) is 8.41. The molecule has 0 saturated carbocycles. The molecule has 0 amide bonds. The van der Waals surface area contributed by atoms with Gasteiger partial charge in [-0.15, -0.1) is 0 Å². The van der Waals surface area contributed by atoms with Crippen LogP contribution in [0, 0.1) is 0 Å². The Morgan fingerprint density at radius 1 is 1.00 bits per heavy atom. The largest absolute Gasteiger partial charge is 0.494 e. The van der Waals surface area contributed by atoms with Crippen LogP contribution < -0.4 is 25.5 Å². The van der Waals surface area contributed by atoms with E-state index in [1.165, 1.54) is 33.5 Å². The molecule has 0 fully saturated rings. The van der Waals surface area contributed by atoms with Crippen molar-refractivity contribution in [2.75, 3.05) is 34.9 Å². The highest BCUT2D eigenvalue weighted by Crippen LogP contribution is 2.42. The van der Waals surface area contributed by atoms with Crippen molar-refractivity contribution in [1.29, 1.82) is 0 Å². The molecule has 0 radical (unpaired) electrons. The van der Waals surface area contributed by atoms with Gasteiger partial charge in [0, 0.05) is 35.3 Å². The number of rotatable bonds is 5. The Morgan fingerprint density at radius 3 is 2.34 bits per heavy atom. The van der Waals surface area contributed by atoms with E-state index in [0.717, 1.165) is 33.1 Å². The van der Waals surface area contributed by atoms with Gasteiger partial charge in [-0.25, -0.2) is 9.36 Å². The minimum atomic E-state index is -0.791. The number of likely N-dealkylation sites (N-methyl/N-ethyl adjacent to an activating group) is 1. The Labute approximate surface area is 200 Å². The van der Waals surface area contributed by atoms with Gasteiger partial charge >= 0.3 is 5.69 Å². The Balaban J connectivity index is 1.76. The van der Waals surface area contributed by atoms with E-state index in [1.807, 2.05) is 36.2 Å². The van der Waals surface area contributed by atoms with Crippen LogP contribution in [-0.2, 0) is 6.42 Å². The number of aromatic nitrogens is 3. The van der Waals surface area contributed by atoms with Crippen LogP contribution in [0.4, 0.5) is 0 Å². The molecule has 0 unspecified atom stereocenters. The Morgan fingerprint density at radius 2 is 1.69 bits per heavy atom. The van der Waals surface area contributed by atoms with Crippen molar-refractivity contribution >= 4 is 10.9 Å². The number of fused-ring (bicyclic) bond motifs is 3. The Hall–Kier alpha value is -4.18. The molecule has 3 N–H and O–H groups in total. The van der Waals surface area contributed by atoms with Gasteiger partial charge < -0.3 is 24.3 Å². The summed E-state index contributed by atoms with van der Waals surface area (Å²) < 4.78 is 17.2. The van der Waals surface area contributed by atoms with E-state index in [1.54, 1.807) is 0 Å². The summed E-state index contributed by atoms with van der Waals surface area (Å²) in [4.78, 5) is 33.8. The summed E-state index contributed by atoms with van der Waals surface area (Å²) in [7, 11) is 6.26. The molecule has 182 valence electrons. The van der Waals surface area contributed by atoms with E-state index in [9.17, 15) is 14.7 Å². The van der Waals surface area contributed by atoms with Crippen LogP contribution in [0.1, 0.15) is 22.9 Å². The lowest BCUT2D eigenvalue weighted by molar-refractivity contribution is 0.251. The van der Waals surface area contributed by atoms with Crippen LogP contribution in [0.2, 0.25) is 0 Å². The van der Waals surface area contributed by atoms with Gasteiger partial charge in [0.2, 0.25) is 11.6 Å². The molecule has 2 aromatic heterocycles. The summed E-state index contributed by atoms with van der Waals surface area (Å²) in [6.45, 7) is 0.668. The number of aromatic hydroxyl groups is 1. The monoisotopic (exact) mass is 478 g/mol. The van der Waals surface area contributed by atoms with Crippen molar-refractivity contribution in [3.05, 3.63) is 74.1 Å². The molecule has 10 nitrogen and oxygen atoms in total. The second-order valence-corrected chi connectivity index (χ2v) is 8.41. The smallest absolute Gasteiger partial charge is 0.335 e. The molecule has 0 saturated heterocycles. The van der Waals surface area contributed by atoms with Crippen LogP contribution in [0.15, 0.2) is 46.0 Å². The molecule has 1 aliphatic heterocycles. The van der Waals surface area contributed by atoms with Gasteiger partial charge in [-0.3, -0.25) is 14.7 Å².